The average Bonchev–Trinajstić information content (AvgIpc) is 2.39. The number of rotatable bonds is 2. The van der Waals surface area contributed by atoms with Crippen molar-refractivity contribution in [1.82, 2.24) is 0 Å². The molecule has 0 heterocycles. The van der Waals surface area contributed by atoms with Crippen LogP contribution in [0.2, 0.25) is 5.02 Å². The molecule has 2 rings (SSSR count). The molecule has 0 fully saturated rings. The zero-order chi connectivity index (χ0) is 14.7. The van der Waals surface area contributed by atoms with Gasteiger partial charge in [0.2, 0.25) is 0 Å². The Bertz CT molecular complexity index is 638. The summed E-state index contributed by atoms with van der Waals surface area (Å²) in [6.45, 7) is 3.45. The molecule has 104 valence electrons. The molecule has 2 amide bonds. The van der Waals surface area contributed by atoms with Crippen molar-refractivity contribution in [2.45, 2.75) is 13.8 Å². The molecule has 0 radical (unpaired) electrons. The lowest BCUT2D eigenvalue weighted by atomic mass is 10.2. The minimum Gasteiger partial charge on any atom is -0.307 e. The first-order chi connectivity index (χ1) is 9.49. The van der Waals surface area contributed by atoms with Gasteiger partial charge >= 0.3 is 6.03 Å². The van der Waals surface area contributed by atoms with Crippen LogP contribution in [0.15, 0.2) is 36.4 Å². The third kappa shape index (κ3) is 3.08. The lowest BCUT2D eigenvalue weighted by Crippen LogP contribution is -2.21. The van der Waals surface area contributed by atoms with Gasteiger partial charge in [0.15, 0.2) is 0 Å². The summed E-state index contributed by atoms with van der Waals surface area (Å²) in [7, 11) is 0. The molecule has 0 atom stereocenters. The van der Waals surface area contributed by atoms with Crippen molar-refractivity contribution in [3.63, 3.8) is 0 Å². The average molecular weight is 293 g/mol. The van der Waals surface area contributed by atoms with Crippen LogP contribution in [0.5, 0.6) is 0 Å². The molecule has 0 saturated carbocycles. The molecule has 2 N–H and O–H groups in total. The molecule has 0 aliphatic rings. The molecule has 2 aromatic carbocycles. The maximum absolute atomic E-state index is 13.4. The van der Waals surface area contributed by atoms with Crippen molar-refractivity contribution in [1.29, 1.82) is 0 Å². The summed E-state index contributed by atoms with van der Waals surface area (Å²) in [6.07, 6.45) is 0. The van der Waals surface area contributed by atoms with E-state index in [0.29, 0.717) is 22.0 Å². The van der Waals surface area contributed by atoms with E-state index in [1.165, 1.54) is 6.07 Å². The second kappa shape index (κ2) is 5.92. The molecule has 0 aliphatic heterocycles. The van der Waals surface area contributed by atoms with Gasteiger partial charge in [0, 0.05) is 11.3 Å². The highest BCUT2D eigenvalue weighted by Crippen LogP contribution is 2.25. The number of hydrogen-bond donors (Lipinski definition) is 2. The second-order valence-corrected chi connectivity index (χ2v) is 4.83. The van der Waals surface area contributed by atoms with Crippen LogP contribution < -0.4 is 10.6 Å². The van der Waals surface area contributed by atoms with Gasteiger partial charge in [-0.05, 0) is 37.6 Å². The molecule has 0 aliphatic carbocycles. The van der Waals surface area contributed by atoms with Crippen LogP contribution in [0.4, 0.5) is 20.6 Å². The first kappa shape index (κ1) is 14.3. The number of amides is 2. The predicted molar refractivity (Wildman–Crippen MR) is 80.0 cm³/mol. The summed E-state index contributed by atoms with van der Waals surface area (Å²) in [5.74, 6) is -0.364. The maximum atomic E-state index is 13.4. The van der Waals surface area contributed by atoms with Gasteiger partial charge in [-0.25, -0.2) is 9.18 Å². The number of urea groups is 1. The van der Waals surface area contributed by atoms with E-state index in [-0.39, 0.29) is 5.82 Å². The number of para-hydroxylation sites is 1. The SMILES string of the molecule is Cc1cccc(Cl)c1NC(=O)Nc1cccc(F)c1C. The van der Waals surface area contributed by atoms with E-state index in [2.05, 4.69) is 10.6 Å². The summed E-state index contributed by atoms with van der Waals surface area (Å²) >= 11 is 6.03. The highest BCUT2D eigenvalue weighted by molar-refractivity contribution is 6.34. The molecule has 2 aromatic rings. The zero-order valence-corrected chi connectivity index (χ0v) is 11.9. The Morgan fingerprint density at radius 3 is 2.50 bits per heavy atom. The Balaban J connectivity index is 2.16. The molecule has 0 aromatic heterocycles. The number of carbonyl (C=O) groups is 1. The Morgan fingerprint density at radius 2 is 1.80 bits per heavy atom. The summed E-state index contributed by atoms with van der Waals surface area (Å²) < 4.78 is 13.4. The van der Waals surface area contributed by atoms with Crippen molar-refractivity contribution >= 4 is 29.0 Å². The standard InChI is InChI=1S/C15H14ClFN2O/c1-9-5-3-6-11(16)14(9)19-15(20)18-13-8-4-7-12(17)10(13)2/h3-8H,1-2H3,(H2,18,19,20). The molecule has 5 heteroatoms. The molecule has 20 heavy (non-hydrogen) atoms. The van der Waals surface area contributed by atoms with Crippen LogP contribution >= 0.6 is 11.6 Å². The van der Waals surface area contributed by atoms with Crippen molar-refractivity contribution in [3.8, 4) is 0 Å². The van der Waals surface area contributed by atoms with Gasteiger partial charge in [0.25, 0.3) is 0 Å². The van der Waals surface area contributed by atoms with Gasteiger partial charge in [-0.15, -0.1) is 0 Å². The van der Waals surface area contributed by atoms with Gasteiger partial charge in [0.1, 0.15) is 5.82 Å². The van der Waals surface area contributed by atoms with E-state index >= 15 is 0 Å². The Morgan fingerprint density at radius 1 is 1.10 bits per heavy atom. The van der Waals surface area contributed by atoms with Crippen molar-refractivity contribution in [2.24, 2.45) is 0 Å². The predicted octanol–water partition coefficient (Wildman–Crippen LogP) is 4.74. The van der Waals surface area contributed by atoms with E-state index in [1.807, 2.05) is 13.0 Å². The van der Waals surface area contributed by atoms with E-state index in [9.17, 15) is 9.18 Å². The number of halogens is 2. The van der Waals surface area contributed by atoms with Crippen LogP contribution in [0.3, 0.4) is 0 Å². The molecular formula is C15H14ClFN2O. The summed E-state index contributed by atoms with van der Waals surface area (Å²) in [6, 6.07) is 9.39. The quantitative estimate of drug-likeness (QED) is 0.824. The minimum atomic E-state index is -0.463. The highest BCUT2D eigenvalue weighted by Gasteiger charge is 2.10. The van der Waals surface area contributed by atoms with Crippen molar-refractivity contribution in [2.75, 3.05) is 10.6 Å². The molecular weight excluding hydrogens is 279 g/mol. The number of anilines is 2. The Hall–Kier alpha value is -2.07. The first-order valence-electron chi connectivity index (χ1n) is 6.07. The summed E-state index contributed by atoms with van der Waals surface area (Å²) in [5, 5.41) is 5.73. The second-order valence-electron chi connectivity index (χ2n) is 4.42. The van der Waals surface area contributed by atoms with Gasteiger partial charge in [0.05, 0.1) is 10.7 Å². The highest BCUT2D eigenvalue weighted by atomic mass is 35.5. The number of aryl methyl sites for hydroxylation is 1. The number of carbonyl (C=O) groups excluding carboxylic acids is 1. The van der Waals surface area contributed by atoms with Crippen LogP contribution in [0.25, 0.3) is 0 Å². The summed E-state index contributed by atoms with van der Waals surface area (Å²) in [5.41, 5.74) is 2.20. The molecule has 0 unspecified atom stereocenters. The van der Waals surface area contributed by atoms with Crippen LogP contribution in [0, 0.1) is 19.7 Å². The smallest absolute Gasteiger partial charge is 0.307 e. The van der Waals surface area contributed by atoms with Gasteiger partial charge < -0.3 is 10.6 Å². The van der Waals surface area contributed by atoms with Gasteiger partial charge in [-0.1, -0.05) is 29.8 Å². The number of hydrogen-bond acceptors (Lipinski definition) is 1. The van der Waals surface area contributed by atoms with Crippen LogP contribution in [-0.4, -0.2) is 6.03 Å². The van der Waals surface area contributed by atoms with Crippen LogP contribution in [0.1, 0.15) is 11.1 Å². The van der Waals surface area contributed by atoms with E-state index < -0.39 is 6.03 Å². The first-order valence-corrected chi connectivity index (χ1v) is 6.45. The van der Waals surface area contributed by atoms with E-state index in [0.717, 1.165) is 5.56 Å². The largest absolute Gasteiger partial charge is 0.323 e. The Labute approximate surface area is 121 Å². The molecule has 0 spiro atoms. The molecule has 0 saturated heterocycles. The fourth-order valence-electron chi connectivity index (χ4n) is 1.80. The van der Waals surface area contributed by atoms with E-state index in [1.54, 1.807) is 31.2 Å². The lowest BCUT2D eigenvalue weighted by Gasteiger charge is -2.12. The van der Waals surface area contributed by atoms with E-state index in [4.69, 9.17) is 11.6 Å². The topological polar surface area (TPSA) is 41.1 Å². The van der Waals surface area contributed by atoms with Crippen molar-refractivity contribution in [3.05, 3.63) is 58.4 Å². The summed E-state index contributed by atoms with van der Waals surface area (Å²) in [4.78, 5) is 11.9. The van der Waals surface area contributed by atoms with Crippen molar-refractivity contribution < 1.29 is 9.18 Å². The molecule has 3 nitrogen and oxygen atoms in total. The zero-order valence-electron chi connectivity index (χ0n) is 11.1. The monoisotopic (exact) mass is 292 g/mol. The van der Waals surface area contributed by atoms with Gasteiger partial charge in [-0.3, -0.25) is 0 Å². The lowest BCUT2D eigenvalue weighted by molar-refractivity contribution is 0.262. The van der Waals surface area contributed by atoms with Gasteiger partial charge in [-0.2, -0.15) is 0 Å². The normalized spacial score (nSPS) is 10.2. The number of benzene rings is 2. The Kier molecular flexibility index (Phi) is 4.25. The minimum absolute atomic E-state index is 0.364. The maximum Gasteiger partial charge on any atom is 0.323 e. The fraction of sp³-hybridized carbons (Fsp3) is 0.133. The molecule has 0 bridgehead atoms. The fourth-order valence-corrected chi connectivity index (χ4v) is 2.07. The van der Waals surface area contributed by atoms with Crippen LogP contribution in [-0.2, 0) is 0 Å². The number of nitrogens with one attached hydrogen (secondary N) is 2. The third-order valence-electron chi connectivity index (χ3n) is 2.98. The third-order valence-corrected chi connectivity index (χ3v) is 3.29.